The van der Waals surface area contributed by atoms with Crippen LogP contribution in [0.4, 0.5) is 0 Å². The smallest absolute Gasteiger partial charge is 0.145 e. The van der Waals surface area contributed by atoms with Crippen LogP contribution in [0.1, 0.15) is 54.4 Å². The second kappa shape index (κ2) is 3.77. The predicted octanol–water partition coefficient (Wildman–Crippen LogP) is 3.98. The zero-order chi connectivity index (χ0) is 11.9. The first-order valence-electron chi connectivity index (χ1n) is 5.88. The van der Waals surface area contributed by atoms with Gasteiger partial charge in [0.25, 0.3) is 0 Å². The Bertz CT molecular complexity index is 283. The van der Waals surface area contributed by atoms with E-state index in [1.165, 1.54) is 5.57 Å². The number of carbonyl (C=O) groups is 1. The van der Waals surface area contributed by atoms with Crippen molar-refractivity contribution in [2.75, 3.05) is 0 Å². The van der Waals surface area contributed by atoms with E-state index in [4.69, 9.17) is 0 Å². The fourth-order valence-electron chi connectivity index (χ4n) is 2.11. The predicted molar refractivity (Wildman–Crippen MR) is 64.7 cm³/mol. The van der Waals surface area contributed by atoms with Crippen LogP contribution in [0, 0.1) is 16.7 Å². The fraction of sp³-hybridized carbons (Fsp3) is 0.786. The number of rotatable bonds is 1. The van der Waals surface area contributed by atoms with E-state index in [1.807, 2.05) is 20.8 Å². The lowest BCUT2D eigenvalue weighted by molar-refractivity contribution is -0.128. The lowest BCUT2D eigenvalue weighted by Gasteiger charge is -2.21. The lowest BCUT2D eigenvalue weighted by atomic mass is 9.82. The highest BCUT2D eigenvalue weighted by Gasteiger charge is 2.33. The SMILES string of the molecule is CC(C)(C)C(=O)C1C=C(C(C)(C)C)CC1. The Kier molecular flexibility index (Phi) is 3.14. The molecule has 0 amide bonds. The number of allylic oxidation sites excluding steroid dienone is 2. The zero-order valence-electron chi connectivity index (χ0n) is 11.0. The van der Waals surface area contributed by atoms with Crippen molar-refractivity contribution in [2.45, 2.75) is 54.4 Å². The minimum atomic E-state index is -0.200. The molecule has 0 spiro atoms. The molecule has 0 heterocycles. The summed E-state index contributed by atoms with van der Waals surface area (Å²) in [6.45, 7) is 12.7. The third kappa shape index (κ3) is 2.93. The molecular formula is C14H24O. The van der Waals surface area contributed by atoms with Gasteiger partial charge in [-0.3, -0.25) is 4.79 Å². The van der Waals surface area contributed by atoms with Gasteiger partial charge in [-0.2, -0.15) is 0 Å². The summed E-state index contributed by atoms with van der Waals surface area (Å²) in [6, 6.07) is 0. The first-order valence-corrected chi connectivity index (χ1v) is 5.88. The van der Waals surface area contributed by atoms with Crippen molar-refractivity contribution in [3.63, 3.8) is 0 Å². The summed E-state index contributed by atoms with van der Waals surface area (Å²) in [5.41, 5.74) is 1.48. The molecule has 0 aromatic heterocycles. The van der Waals surface area contributed by atoms with E-state index < -0.39 is 0 Å². The quantitative estimate of drug-likeness (QED) is 0.596. The summed E-state index contributed by atoms with van der Waals surface area (Å²) in [7, 11) is 0. The third-order valence-corrected chi connectivity index (χ3v) is 3.17. The largest absolute Gasteiger partial charge is 0.298 e. The van der Waals surface area contributed by atoms with Crippen LogP contribution in [0.5, 0.6) is 0 Å². The first-order chi connectivity index (χ1) is 6.62. The zero-order valence-corrected chi connectivity index (χ0v) is 11.0. The Balaban J connectivity index is 2.79. The molecule has 1 aliphatic carbocycles. The van der Waals surface area contributed by atoms with Gasteiger partial charge in [0.1, 0.15) is 5.78 Å². The highest BCUT2D eigenvalue weighted by molar-refractivity contribution is 5.88. The van der Waals surface area contributed by atoms with E-state index in [0.29, 0.717) is 5.78 Å². The molecule has 0 aromatic carbocycles. The van der Waals surface area contributed by atoms with Crippen molar-refractivity contribution >= 4 is 5.78 Å². The molecule has 0 aromatic rings. The van der Waals surface area contributed by atoms with E-state index in [0.717, 1.165) is 12.8 Å². The molecule has 0 fully saturated rings. The Morgan fingerprint density at radius 3 is 2.07 bits per heavy atom. The number of Topliss-reactive ketones (excluding diaryl/α,β-unsaturated/α-hetero) is 1. The summed E-state index contributed by atoms with van der Waals surface area (Å²) in [6.07, 6.45) is 4.33. The van der Waals surface area contributed by atoms with Gasteiger partial charge in [0, 0.05) is 11.3 Å². The average molecular weight is 208 g/mol. The highest BCUT2D eigenvalue weighted by atomic mass is 16.1. The van der Waals surface area contributed by atoms with E-state index >= 15 is 0 Å². The average Bonchev–Trinajstić information content (AvgIpc) is 2.47. The number of carbonyl (C=O) groups excluding carboxylic acids is 1. The van der Waals surface area contributed by atoms with Crippen molar-refractivity contribution < 1.29 is 4.79 Å². The van der Waals surface area contributed by atoms with Crippen LogP contribution in [-0.2, 0) is 4.79 Å². The Morgan fingerprint density at radius 2 is 1.73 bits per heavy atom. The van der Waals surface area contributed by atoms with Gasteiger partial charge in [0.05, 0.1) is 0 Å². The van der Waals surface area contributed by atoms with Crippen LogP contribution in [0.15, 0.2) is 11.6 Å². The van der Waals surface area contributed by atoms with Crippen molar-refractivity contribution in [1.82, 2.24) is 0 Å². The second-order valence-corrected chi connectivity index (χ2v) is 6.70. The molecule has 15 heavy (non-hydrogen) atoms. The van der Waals surface area contributed by atoms with Crippen molar-refractivity contribution in [1.29, 1.82) is 0 Å². The number of ketones is 1. The summed E-state index contributed by atoms with van der Waals surface area (Å²) >= 11 is 0. The van der Waals surface area contributed by atoms with Crippen LogP contribution in [-0.4, -0.2) is 5.78 Å². The Hall–Kier alpha value is -0.590. The van der Waals surface area contributed by atoms with E-state index in [-0.39, 0.29) is 16.7 Å². The van der Waals surface area contributed by atoms with Crippen LogP contribution in [0.3, 0.4) is 0 Å². The second-order valence-electron chi connectivity index (χ2n) is 6.70. The van der Waals surface area contributed by atoms with Crippen LogP contribution < -0.4 is 0 Å². The molecule has 0 radical (unpaired) electrons. The van der Waals surface area contributed by atoms with Gasteiger partial charge < -0.3 is 0 Å². The van der Waals surface area contributed by atoms with Gasteiger partial charge >= 0.3 is 0 Å². The molecule has 1 atom stereocenters. The van der Waals surface area contributed by atoms with Gasteiger partial charge in [-0.15, -0.1) is 0 Å². The van der Waals surface area contributed by atoms with E-state index in [2.05, 4.69) is 26.8 Å². The molecule has 1 nitrogen and oxygen atoms in total. The summed E-state index contributed by atoms with van der Waals surface area (Å²) in [5.74, 6) is 0.556. The molecule has 86 valence electrons. The van der Waals surface area contributed by atoms with E-state index in [1.54, 1.807) is 0 Å². The Morgan fingerprint density at radius 1 is 1.20 bits per heavy atom. The summed E-state index contributed by atoms with van der Waals surface area (Å²) in [4.78, 5) is 12.1. The Labute approximate surface area is 93.9 Å². The fourth-order valence-corrected chi connectivity index (χ4v) is 2.11. The first kappa shape index (κ1) is 12.5. The molecule has 0 N–H and O–H groups in total. The highest BCUT2D eigenvalue weighted by Crippen LogP contribution is 2.39. The molecular weight excluding hydrogens is 184 g/mol. The number of hydrogen-bond acceptors (Lipinski definition) is 1. The van der Waals surface area contributed by atoms with Crippen molar-refractivity contribution in [3.05, 3.63) is 11.6 Å². The molecule has 1 aliphatic rings. The van der Waals surface area contributed by atoms with Crippen LogP contribution >= 0.6 is 0 Å². The minimum Gasteiger partial charge on any atom is -0.298 e. The molecule has 0 bridgehead atoms. The minimum absolute atomic E-state index is 0.166. The van der Waals surface area contributed by atoms with Crippen LogP contribution in [0.2, 0.25) is 0 Å². The van der Waals surface area contributed by atoms with E-state index in [9.17, 15) is 4.79 Å². The molecule has 1 heteroatoms. The topological polar surface area (TPSA) is 17.1 Å². The van der Waals surface area contributed by atoms with Gasteiger partial charge in [-0.1, -0.05) is 53.2 Å². The summed E-state index contributed by atoms with van der Waals surface area (Å²) in [5, 5.41) is 0. The van der Waals surface area contributed by atoms with Gasteiger partial charge in [0.2, 0.25) is 0 Å². The molecule has 0 saturated carbocycles. The lowest BCUT2D eigenvalue weighted by Crippen LogP contribution is -2.26. The molecule has 1 rings (SSSR count). The third-order valence-electron chi connectivity index (χ3n) is 3.17. The van der Waals surface area contributed by atoms with Gasteiger partial charge in [0.15, 0.2) is 0 Å². The van der Waals surface area contributed by atoms with Gasteiger partial charge in [-0.25, -0.2) is 0 Å². The normalized spacial score (nSPS) is 22.8. The number of hydrogen-bond donors (Lipinski definition) is 0. The van der Waals surface area contributed by atoms with Gasteiger partial charge in [-0.05, 0) is 18.3 Å². The maximum absolute atomic E-state index is 12.1. The monoisotopic (exact) mass is 208 g/mol. The maximum Gasteiger partial charge on any atom is 0.145 e. The molecule has 0 saturated heterocycles. The molecule has 1 unspecified atom stereocenters. The molecule has 0 aliphatic heterocycles. The van der Waals surface area contributed by atoms with Crippen LogP contribution in [0.25, 0.3) is 0 Å². The van der Waals surface area contributed by atoms with Crippen molar-refractivity contribution in [3.8, 4) is 0 Å². The van der Waals surface area contributed by atoms with Crippen molar-refractivity contribution in [2.24, 2.45) is 16.7 Å². The standard InChI is InChI=1S/C14H24O/c1-13(2,3)11-8-7-10(9-11)12(15)14(4,5)6/h9-10H,7-8H2,1-6H3. The summed E-state index contributed by atoms with van der Waals surface area (Å²) < 4.78 is 0. The maximum atomic E-state index is 12.1.